The number of halogens is 1. The van der Waals surface area contributed by atoms with Crippen molar-refractivity contribution >= 4 is 29.2 Å². The van der Waals surface area contributed by atoms with E-state index in [1.54, 1.807) is 45.9 Å². The Bertz CT molecular complexity index is 478. The molecule has 0 saturated heterocycles. The highest BCUT2D eigenvalue weighted by Crippen LogP contribution is 2.23. The minimum absolute atomic E-state index is 0.498. The number of amides is 1. The highest BCUT2D eigenvalue weighted by molar-refractivity contribution is 6.38. The van der Waals surface area contributed by atoms with Crippen LogP contribution >= 0.6 is 11.6 Å². The molecule has 0 spiro atoms. The van der Waals surface area contributed by atoms with Crippen LogP contribution in [0, 0.1) is 6.92 Å². The quantitative estimate of drug-likeness (QED) is 0.630. The predicted octanol–water partition coefficient (Wildman–Crippen LogP) is 2.93. The van der Waals surface area contributed by atoms with Crippen molar-refractivity contribution < 1.29 is 14.3 Å². The number of benzene rings is 1. The van der Waals surface area contributed by atoms with Crippen LogP contribution in [0.1, 0.15) is 26.3 Å². The zero-order chi connectivity index (χ0) is 13.9. The summed E-state index contributed by atoms with van der Waals surface area (Å²) >= 11 is 5.92. The van der Waals surface area contributed by atoms with Gasteiger partial charge in [0.05, 0.1) is 0 Å². The summed E-state index contributed by atoms with van der Waals surface area (Å²) in [5.74, 6) is -1.72. The van der Waals surface area contributed by atoms with E-state index < -0.39 is 17.5 Å². The molecule has 0 atom stereocenters. The number of carbonyl (C=O) groups excluding carboxylic acids is 2. The van der Waals surface area contributed by atoms with Gasteiger partial charge >= 0.3 is 11.9 Å². The summed E-state index contributed by atoms with van der Waals surface area (Å²) in [6.07, 6.45) is 0. The molecule has 1 amide bonds. The zero-order valence-corrected chi connectivity index (χ0v) is 11.6. The Labute approximate surface area is 111 Å². The third-order valence-corrected chi connectivity index (χ3v) is 2.51. The minimum Gasteiger partial charge on any atom is -0.453 e. The first-order valence-corrected chi connectivity index (χ1v) is 5.88. The Hall–Kier alpha value is -1.55. The minimum atomic E-state index is -0.915. The Morgan fingerprint density at radius 2 is 1.89 bits per heavy atom. The standard InChI is InChI=1S/C13H16ClNO3/c1-8-9(14)6-5-7-10(8)15-11(16)12(17)18-13(2,3)4/h5-7H,1-4H3,(H,15,16). The molecule has 0 aliphatic heterocycles. The van der Waals surface area contributed by atoms with Gasteiger partial charge < -0.3 is 10.1 Å². The van der Waals surface area contributed by atoms with E-state index in [-0.39, 0.29) is 0 Å². The first-order valence-electron chi connectivity index (χ1n) is 5.50. The molecule has 0 aliphatic rings. The van der Waals surface area contributed by atoms with Crippen LogP contribution in [0.2, 0.25) is 5.02 Å². The van der Waals surface area contributed by atoms with Gasteiger partial charge in [-0.25, -0.2) is 4.79 Å². The summed E-state index contributed by atoms with van der Waals surface area (Å²) in [6.45, 7) is 6.85. The third kappa shape index (κ3) is 4.04. The van der Waals surface area contributed by atoms with E-state index in [1.165, 1.54) is 0 Å². The molecule has 98 valence electrons. The number of hydrogen-bond acceptors (Lipinski definition) is 3. The van der Waals surface area contributed by atoms with Gasteiger partial charge in [0.1, 0.15) is 5.60 Å². The summed E-state index contributed by atoms with van der Waals surface area (Å²) in [5.41, 5.74) is 0.507. The van der Waals surface area contributed by atoms with E-state index in [4.69, 9.17) is 16.3 Å². The van der Waals surface area contributed by atoms with E-state index in [2.05, 4.69) is 5.32 Å². The zero-order valence-electron chi connectivity index (χ0n) is 10.8. The molecule has 0 unspecified atom stereocenters. The second kappa shape index (κ2) is 5.40. The lowest BCUT2D eigenvalue weighted by Gasteiger charge is -2.19. The van der Waals surface area contributed by atoms with Gasteiger partial charge in [-0.1, -0.05) is 17.7 Å². The van der Waals surface area contributed by atoms with Crippen LogP contribution in [0.4, 0.5) is 5.69 Å². The molecule has 1 N–H and O–H groups in total. The second-order valence-corrected chi connectivity index (χ2v) is 5.28. The number of nitrogens with one attached hydrogen (secondary N) is 1. The molecular weight excluding hydrogens is 254 g/mol. The lowest BCUT2D eigenvalue weighted by Crippen LogP contribution is -2.32. The molecule has 0 fully saturated rings. The lowest BCUT2D eigenvalue weighted by atomic mass is 10.2. The van der Waals surface area contributed by atoms with Crippen molar-refractivity contribution in [1.82, 2.24) is 0 Å². The van der Waals surface area contributed by atoms with Crippen molar-refractivity contribution in [2.75, 3.05) is 5.32 Å². The van der Waals surface area contributed by atoms with Crippen LogP contribution in [0.5, 0.6) is 0 Å². The molecule has 4 nitrogen and oxygen atoms in total. The Morgan fingerprint density at radius 1 is 1.28 bits per heavy atom. The number of hydrogen-bond donors (Lipinski definition) is 1. The van der Waals surface area contributed by atoms with Crippen LogP contribution in [-0.2, 0) is 14.3 Å². The smallest absolute Gasteiger partial charge is 0.397 e. The maximum Gasteiger partial charge on any atom is 0.397 e. The average molecular weight is 270 g/mol. The summed E-state index contributed by atoms with van der Waals surface area (Å²) in [4.78, 5) is 23.1. The van der Waals surface area contributed by atoms with E-state index >= 15 is 0 Å². The molecule has 1 aromatic rings. The Kier molecular flexibility index (Phi) is 4.35. The van der Waals surface area contributed by atoms with Crippen LogP contribution < -0.4 is 5.32 Å². The molecule has 5 heteroatoms. The summed E-state index contributed by atoms with van der Waals surface area (Å²) in [5, 5.41) is 3.00. The van der Waals surface area contributed by atoms with E-state index in [9.17, 15) is 9.59 Å². The Morgan fingerprint density at radius 3 is 2.44 bits per heavy atom. The molecule has 0 radical (unpaired) electrons. The molecular formula is C13H16ClNO3. The molecule has 1 rings (SSSR count). The summed E-state index contributed by atoms with van der Waals surface area (Å²) in [7, 11) is 0. The van der Waals surface area contributed by atoms with Gasteiger partial charge in [-0.2, -0.15) is 0 Å². The third-order valence-electron chi connectivity index (χ3n) is 2.10. The molecule has 0 saturated carbocycles. The van der Waals surface area contributed by atoms with Gasteiger partial charge in [0.2, 0.25) is 0 Å². The number of carbonyl (C=O) groups is 2. The van der Waals surface area contributed by atoms with Crippen LogP contribution in [0.3, 0.4) is 0 Å². The molecule has 0 bridgehead atoms. The van der Waals surface area contributed by atoms with Crippen LogP contribution in [-0.4, -0.2) is 17.5 Å². The van der Waals surface area contributed by atoms with Gasteiger partial charge in [0.25, 0.3) is 0 Å². The second-order valence-electron chi connectivity index (χ2n) is 4.87. The van der Waals surface area contributed by atoms with Crippen LogP contribution in [0.25, 0.3) is 0 Å². The summed E-state index contributed by atoms with van der Waals surface area (Å²) < 4.78 is 4.96. The Balaban J connectivity index is 2.76. The number of ether oxygens (including phenoxy) is 1. The highest BCUT2D eigenvalue weighted by atomic mass is 35.5. The van der Waals surface area contributed by atoms with Crippen LogP contribution in [0.15, 0.2) is 18.2 Å². The fourth-order valence-corrected chi connectivity index (χ4v) is 1.42. The SMILES string of the molecule is Cc1c(Cl)cccc1NC(=O)C(=O)OC(C)(C)C. The summed E-state index contributed by atoms with van der Waals surface area (Å²) in [6, 6.07) is 5.07. The predicted molar refractivity (Wildman–Crippen MR) is 70.7 cm³/mol. The van der Waals surface area contributed by atoms with E-state index in [0.717, 1.165) is 0 Å². The molecule has 0 aliphatic carbocycles. The molecule has 0 aromatic heterocycles. The van der Waals surface area contributed by atoms with Crippen molar-refractivity contribution in [3.05, 3.63) is 28.8 Å². The van der Waals surface area contributed by atoms with E-state index in [0.29, 0.717) is 16.3 Å². The normalized spacial score (nSPS) is 10.9. The van der Waals surface area contributed by atoms with Crippen molar-refractivity contribution in [3.8, 4) is 0 Å². The average Bonchev–Trinajstić information content (AvgIpc) is 2.22. The lowest BCUT2D eigenvalue weighted by molar-refractivity contribution is -0.161. The molecule has 1 aromatic carbocycles. The topological polar surface area (TPSA) is 55.4 Å². The van der Waals surface area contributed by atoms with Crippen molar-refractivity contribution in [1.29, 1.82) is 0 Å². The van der Waals surface area contributed by atoms with Gasteiger partial charge in [-0.3, -0.25) is 4.79 Å². The largest absolute Gasteiger partial charge is 0.453 e. The van der Waals surface area contributed by atoms with Gasteiger partial charge in [0.15, 0.2) is 0 Å². The van der Waals surface area contributed by atoms with Crippen molar-refractivity contribution in [2.24, 2.45) is 0 Å². The van der Waals surface area contributed by atoms with Gasteiger partial charge in [-0.15, -0.1) is 0 Å². The van der Waals surface area contributed by atoms with Gasteiger partial charge in [-0.05, 0) is 45.4 Å². The number of anilines is 1. The fraction of sp³-hybridized carbons (Fsp3) is 0.385. The van der Waals surface area contributed by atoms with Gasteiger partial charge in [0, 0.05) is 10.7 Å². The monoisotopic (exact) mass is 269 g/mol. The maximum absolute atomic E-state index is 11.6. The van der Waals surface area contributed by atoms with E-state index in [1.807, 2.05) is 0 Å². The molecule has 0 heterocycles. The molecule has 18 heavy (non-hydrogen) atoms. The maximum atomic E-state index is 11.6. The highest BCUT2D eigenvalue weighted by Gasteiger charge is 2.23. The first-order chi connectivity index (χ1) is 8.20. The first kappa shape index (κ1) is 14.5. The van der Waals surface area contributed by atoms with Crippen molar-refractivity contribution in [3.63, 3.8) is 0 Å². The number of esters is 1. The fourth-order valence-electron chi connectivity index (χ4n) is 1.24. The number of rotatable bonds is 1. The van der Waals surface area contributed by atoms with Crippen molar-refractivity contribution in [2.45, 2.75) is 33.3 Å².